The van der Waals surface area contributed by atoms with Gasteiger partial charge < -0.3 is 15.4 Å². The maximum absolute atomic E-state index is 12.3. The van der Waals surface area contributed by atoms with Gasteiger partial charge in [0.25, 0.3) is 11.8 Å². The minimum absolute atomic E-state index is 0.124. The Morgan fingerprint density at radius 2 is 1.40 bits per heavy atom. The number of nitrogens with zero attached hydrogens (tertiary/aromatic N) is 1. The smallest absolute Gasteiger partial charge is 0.251 e. The van der Waals surface area contributed by atoms with Crippen molar-refractivity contribution >= 4 is 23.4 Å². The number of carbonyl (C=O) groups excluding carboxylic acids is 2. The van der Waals surface area contributed by atoms with E-state index >= 15 is 0 Å². The molecule has 0 aromatic heterocycles. The van der Waals surface area contributed by atoms with Crippen LogP contribution in [0.3, 0.4) is 0 Å². The van der Waals surface area contributed by atoms with Crippen LogP contribution in [0.2, 0.25) is 5.02 Å². The molecule has 2 aromatic carbocycles. The molecule has 30 heavy (non-hydrogen) atoms. The van der Waals surface area contributed by atoms with E-state index in [9.17, 15) is 9.59 Å². The third kappa shape index (κ3) is 6.23. The van der Waals surface area contributed by atoms with Crippen molar-refractivity contribution in [3.8, 4) is 11.8 Å². The van der Waals surface area contributed by atoms with Crippen molar-refractivity contribution in [2.45, 2.75) is 31.8 Å². The van der Waals surface area contributed by atoms with Crippen LogP contribution in [0.4, 0.5) is 0 Å². The Hall–Kier alpha value is -3.04. The molecule has 0 spiro atoms. The van der Waals surface area contributed by atoms with E-state index in [4.69, 9.17) is 21.6 Å². The maximum atomic E-state index is 12.3. The molecule has 0 saturated heterocycles. The van der Waals surface area contributed by atoms with Gasteiger partial charge in [0.2, 0.25) is 0 Å². The predicted molar refractivity (Wildman–Crippen MR) is 115 cm³/mol. The first kappa shape index (κ1) is 21.7. The predicted octanol–water partition coefficient (Wildman–Crippen LogP) is 3.96. The molecule has 0 bridgehead atoms. The van der Waals surface area contributed by atoms with Gasteiger partial charge in [-0.15, -0.1) is 0 Å². The molecule has 156 valence electrons. The fourth-order valence-corrected chi connectivity index (χ4v) is 3.47. The van der Waals surface area contributed by atoms with Crippen LogP contribution in [0.1, 0.15) is 46.4 Å². The summed E-state index contributed by atoms with van der Waals surface area (Å²) in [6.45, 7) is 0.637. The van der Waals surface area contributed by atoms with Gasteiger partial charge in [-0.3, -0.25) is 9.59 Å². The van der Waals surface area contributed by atoms with Crippen molar-refractivity contribution in [3.63, 3.8) is 0 Å². The lowest BCUT2D eigenvalue weighted by molar-refractivity contribution is 0.0927. The van der Waals surface area contributed by atoms with Gasteiger partial charge in [0, 0.05) is 35.2 Å². The van der Waals surface area contributed by atoms with E-state index in [1.54, 1.807) is 48.5 Å². The largest absolute Gasteiger partial charge is 0.490 e. The zero-order chi connectivity index (χ0) is 21.3. The molecule has 0 unspecified atom stereocenters. The number of hydrogen-bond acceptors (Lipinski definition) is 4. The highest BCUT2D eigenvalue weighted by Crippen LogP contribution is 2.27. The fourth-order valence-electron chi connectivity index (χ4n) is 3.34. The number of amides is 2. The molecule has 2 aromatic rings. The molecule has 2 N–H and O–H groups in total. The van der Waals surface area contributed by atoms with E-state index in [2.05, 4.69) is 16.7 Å². The summed E-state index contributed by atoms with van der Waals surface area (Å²) in [5.74, 6) is 0.442. The Bertz CT molecular complexity index is 899. The minimum Gasteiger partial charge on any atom is -0.490 e. The van der Waals surface area contributed by atoms with E-state index in [-0.39, 0.29) is 23.8 Å². The first-order valence-corrected chi connectivity index (χ1v) is 10.4. The average molecular weight is 426 g/mol. The Labute approximate surface area is 181 Å². The number of benzene rings is 2. The van der Waals surface area contributed by atoms with Crippen LogP contribution < -0.4 is 15.4 Å². The Balaban J connectivity index is 1.39. The quantitative estimate of drug-likeness (QED) is 0.657. The van der Waals surface area contributed by atoms with Gasteiger partial charge >= 0.3 is 0 Å². The maximum Gasteiger partial charge on any atom is 0.251 e. The first-order valence-electron chi connectivity index (χ1n) is 10.0. The van der Waals surface area contributed by atoms with Gasteiger partial charge in [0.1, 0.15) is 5.75 Å². The van der Waals surface area contributed by atoms with E-state index in [0.717, 1.165) is 31.4 Å². The molecular formula is C23H24ClN3O3. The van der Waals surface area contributed by atoms with Crippen molar-refractivity contribution in [1.82, 2.24) is 10.6 Å². The third-order valence-electron chi connectivity index (χ3n) is 5.08. The SMILES string of the molecule is N#CC1CCC(Oc2ccc(C(=O)NCCNC(=O)c3ccc(Cl)cc3)cc2)CC1. The summed E-state index contributed by atoms with van der Waals surface area (Å²) in [7, 11) is 0. The Kier molecular flexibility index (Phi) is 7.69. The van der Waals surface area contributed by atoms with Crippen LogP contribution in [-0.4, -0.2) is 31.0 Å². The van der Waals surface area contributed by atoms with E-state index in [1.165, 1.54) is 0 Å². The monoisotopic (exact) mass is 425 g/mol. The zero-order valence-electron chi connectivity index (χ0n) is 16.6. The summed E-state index contributed by atoms with van der Waals surface area (Å²) in [6.07, 6.45) is 3.62. The van der Waals surface area contributed by atoms with Gasteiger partial charge in [0.05, 0.1) is 12.2 Å². The van der Waals surface area contributed by atoms with Crippen LogP contribution in [0.15, 0.2) is 48.5 Å². The highest BCUT2D eigenvalue weighted by Gasteiger charge is 2.22. The summed E-state index contributed by atoms with van der Waals surface area (Å²) in [4.78, 5) is 24.3. The van der Waals surface area contributed by atoms with Gasteiger partial charge in [0.15, 0.2) is 0 Å². The summed E-state index contributed by atoms with van der Waals surface area (Å²) in [5.41, 5.74) is 1.04. The lowest BCUT2D eigenvalue weighted by atomic mass is 9.88. The topological polar surface area (TPSA) is 91.2 Å². The van der Waals surface area contributed by atoms with Gasteiger partial charge in [-0.25, -0.2) is 0 Å². The van der Waals surface area contributed by atoms with E-state index in [0.29, 0.717) is 29.2 Å². The molecule has 2 amide bonds. The molecule has 1 saturated carbocycles. The Morgan fingerprint density at radius 3 is 1.90 bits per heavy atom. The van der Waals surface area contributed by atoms with E-state index < -0.39 is 0 Å². The molecule has 0 aliphatic heterocycles. The fraction of sp³-hybridized carbons (Fsp3) is 0.348. The average Bonchev–Trinajstić information content (AvgIpc) is 2.78. The normalized spacial score (nSPS) is 18.1. The summed E-state index contributed by atoms with van der Waals surface area (Å²) in [5, 5.41) is 15.1. The standard InChI is InChI=1S/C23H24ClN3O3/c24-19-7-3-17(4-8-19)22(28)26-13-14-27-23(29)18-5-11-21(12-6-18)30-20-9-1-16(15-25)2-10-20/h3-8,11-12,16,20H,1-2,9-10,13-14H2,(H,26,28)(H,27,29). The molecule has 7 heteroatoms. The van der Waals surface area contributed by atoms with Crippen LogP contribution in [0, 0.1) is 17.2 Å². The third-order valence-corrected chi connectivity index (χ3v) is 5.33. The molecule has 3 rings (SSSR count). The van der Waals surface area contributed by atoms with Gasteiger partial charge in [-0.05, 0) is 74.2 Å². The molecule has 0 radical (unpaired) electrons. The summed E-state index contributed by atoms with van der Waals surface area (Å²) >= 11 is 5.81. The molecular weight excluding hydrogens is 402 g/mol. The number of nitriles is 1. The summed E-state index contributed by atoms with van der Waals surface area (Å²) < 4.78 is 5.96. The second-order valence-corrected chi connectivity index (χ2v) is 7.70. The highest BCUT2D eigenvalue weighted by atomic mass is 35.5. The summed E-state index contributed by atoms with van der Waals surface area (Å²) in [6, 6.07) is 15.9. The van der Waals surface area contributed by atoms with Crippen LogP contribution >= 0.6 is 11.6 Å². The van der Waals surface area contributed by atoms with E-state index in [1.807, 2.05) is 0 Å². The van der Waals surface area contributed by atoms with Crippen molar-refractivity contribution in [2.24, 2.45) is 5.92 Å². The molecule has 0 atom stereocenters. The Morgan fingerprint density at radius 1 is 0.900 bits per heavy atom. The molecule has 1 aliphatic carbocycles. The van der Waals surface area contributed by atoms with Crippen LogP contribution in [-0.2, 0) is 0 Å². The van der Waals surface area contributed by atoms with Crippen molar-refractivity contribution in [3.05, 3.63) is 64.7 Å². The second-order valence-electron chi connectivity index (χ2n) is 7.26. The van der Waals surface area contributed by atoms with Crippen molar-refractivity contribution in [2.75, 3.05) is 13.1 Å². The van der Waals surface area contributed by atoms with Crippen molar-refractivity contribution < 1.29 is 14.3 Å². The second kappa shape index (κ2) is 10.7. The molecule has 1 fully saturated rings. The lowest BCUT2D eigenvalue weighted by Gasteiger charge is -2.25. The molecule has 0 heterocycles. The number of halogens is 1. The van der Waals surface area contributed by atoms with Crippen molar-refractivity contribution in [1.29, 1.82) is 5.26 Å². The molecule has 1 aliphatic rings. The number of carbonyl (C=O) groups is 2. The molecule has 6 nitrogen and oxygen atoms in total. The minimum atomic E-state index is -0.216. The number of hydrogen-bond donors (Lipinski definition) is 2. The van der Waals surface area contributed by atoms with Crippen LogP contribution in [0.25, 0.3) is 0 Å². The van der Waals surface area contributed by atoms with Gasteiger partial charge in [-0.1, -0.05) is 11.6 Å². The van der Waals surface area contributed by atoms with Crippen LogP contribution in [0.5, 0.6) is 5.75 Å². The first-order chi connectivity index (χ1) is 14.5. The number of ether oxygens (including phenoxy) is 1. The van der Waals surface area contributed by atoms with Gasteiger partial charge in [-0.2, -0.15) is 5.26 Å². The number of nitrogens with one attached hydrogen (secondary N) is 2. The highest BCUT2D eigenvalue weighted by molar-refractivity contribution is 6.30. The zero-order valence-corrected chi connectivity index (χ0v) is 17.3. The lowest BCUT2D eigenvalue weighted by Crippen LogP contribution is -2.34. The number of rotatable bonds is 7.